The summed E-state index contributed by atoms with van der Waals surface area (Å²) in [7, 11) is 0. The highest BCUT2D eigenvalue weighted by Crippen LogP contribution is 2.28. The molecular weight excluding hydrogens is 238 g/mol. The van der Waals surface area contributed by atoms with Gasteiger partial charge in [0.15, 0.2) is 0 Å². The summed E-state index contributed by atoms with van der Waals surface area (Å²) in [5, 5.41) is 6.76. The number of nitrogens with one attached hydrogen (secondary N) is 2. The molecule has 19 heavy (non-hydrogen) atoms. The topological polar surface area (TPSA) is 44.4 Å². The fraction of sp³-hybridized carbons (Fsp3) is 0.933. The van der Waals surface area contributed by atoms with Gasteiger partial charge in [0.2, 0.25) is 5.91 Å². The third-order valence-corrected chi connectivity index (χ3v) is 4.58. The van der Waals surface area contributed by atoms with Gasteiger partial charge in [-0.2, -0.15) is 0 Å². The van der Waals surface area contributed by atoms with Gasteiger partial charge >= 0.3 is 0 Å². The van der Waals surface area contributed by atoms with Gasteiger partial charge in [0.1, 0.15) is 0 Å². The van der Waals surface area contributed by atoms with Crippen LogP contribution in [0.3, 0.4) is 0 Å². The molecular formula is C15H27N3O. The lowest BCUT2D eigenvalue weighted by Crippen LogP contribution is -2.44. The molecule has 0 spiro atoms. The van der Waals surface area contributed by atoms with E-state index < -0.39 is 0 Å². The quantitative estimate of drug-likeness (QED) is 0.725. The van der Waals surface area contributed by atoms with Crippen LogP contribution in [0.2, 0.25) is 0 Å². The van der Waals surface area contributed by atoms with Crippen molar-refractivity contribution in [1.82, 2.24) is 15.5 Å². The van der Waals surface area contributed by atoms with Crippen LogP contribution < -0.4 is 10.6 Å². The number of rotatable bonds is 7. The summed E-state index contributed by atoms with van der Waals surface area (Å²) in [6.45, 7) is 4.47. The minimum atomic E-state index is 0.247. The summed E-state index contributed by atoms with van der Waals surface area (Å²) < 4.78 is 0. The van der Waals surface area contributed by atoms with Crippen molar-refractivity contribution in [1.29, 1.82) is 0 Å². The molecule has 0 bridgehead atoms. The van der Waals surface area contributed by atoms with Gasteiger partial charge in [0.25, 0.3) is 0 Å². The Morgan fingerprint density at radius 3 is 2.37 bits per heavy atom. The van der Waals surface area contributed by atoms with Crippen molar-refractivity contribution in [2.45, 2.75) is 57.0 Å². The maximum Gasteiger partial charge on any atom is 0.221 e. The minimum Gasteiger partial charge on any atom is -0.353 e. The largest absolute Gasteiger partial charge is 0.353 e. The summed E-state index contributed by atoms with van der Waals surface area (Å²) >= 11 is 0. The highest BCUT2D eigenvalue weighted by atomic mass is 16.1. The summed E-state index contributed by atoms with van der Waals surface area (Å²) in [5.41, 5.74) is 0. The van der Waals surface area contributed by atoms with Gasteiger partial charge in [0.05, 0.1) is 0 Å². The van der Waals surface area contributed by atoms with E-state index in [0.717, 1.165) is 31.6 Å². The Balaban J connectivity index is 1.25. The molecule has 2 N–H and O–H groups in total. The van der Waals surface area contributed by atoms with Gasteiger partial charge in [-0.25, -0.2) is 0 Å². The molecule has 0 aromatic rings. The van der Waals surface area contributed by atoms with Crippen molar-refractivity contribution in [2.24, 2.45) is 5.92 Å². The number of piperidine rings is 1. The van der Waals surface area contributed by atoms with E-state index in [2.05, 4.69) is 15.5 Å². The van der Waals surface area contributed by atoms with Crippen molar-refractivity contribution >= 4 is 5.91 Å². The van der Waals surface area contributed by atoms with Gasteiger partial charge in [-0.15, -0.1) is 0 Å². The molecule has 1 amide bonds. The fourth-order valence-corrected chi connectivity index (χ4v) is 2.80. The SMILES string of the molecule is O=C(CCN1CCC(NCC2CC2)CC1)NC1CC1. The molecule has 2 saturated carbocycles. The zero-order valence-electron chi connectivity index (χ0n) is 11.9. The first-order valence-electron chi connectivity index (χ1n) is 8.05. The van der Waals surface area contributed by atoms with E-state index in [-0.39, 0.29) is 5.91 Å². The van der Waals surface area contributed by atoms with Crippen molar-refractivity contribution in [3.63, 3.8) is 0 Å². The first kappa shape index (κ1) is 13.4. The average molecular weight is 265 g/mol. The van der Waals surface area contributed by atoms with Crippen LogP contribution in [-0.2, 0) is 4.79 Å². The number of amides is 1. The van der Waals surface area contributed by atoms with Crippen molar-refractivity contribution in [3.8, 4) is 0 Å². The van der Waals surface area contributed by atoms with Gasteiger partial charge in [0, 0.05) is 25.0 Å². The zero-order valence-corrected chi connectivity index (χ0v) is 11.9. The number of carbonyl (C=O) groups excluding carboxylic acids is 1. The van der Waals surface area contributed by atoms with Crippen LogP contribution in [-0.4, -0.2) is 49.1 Å². The lowest BCUT2D eigenvalue weighted by Gasteiger charge is -2.32. The summed E-state index contributed by atoms with van der Waals surface area (Å²) in [6.07, 6.45) is 8.40. The Morgan fingerprint density at radius 1 is 1.00 bits per heavy atom. The Hall–Kier alpha value is -0.610. The molecule has 108 valence electrons. The second kappa shape index (κ2) is 6.23. The van der Waals surface area contributed by atoms with Crippen molar-refractivity contribution in [3.05, 3.63) is 0 Å². The maximum atomic E-state index is 11.6. The molecule has 4 heteroatoms. The van der Waals surface area contributed by atoms with Crippen LogP contribution in [0.5, 0.6) is 0 Å². The van der Waals surface area contributed by atoms with Crippen molar-refractivity contribution < 1.29 is 4.79 Å². The first-order chi connectivity index (χ1) is 9.29. The minimum absolute atomic E-state index is 0.247. The lowest BCUT2D eigenvalue weighted by atomic mass is 10.0. The van der Waals surface area contributed by atoms with Gasteiger partial charge in [-0.05, 0) is 64.1 Å². The molecule has 1 saturated heterocycles. The number of nitrogens with zero attached hydrogens (tertiary/aromatic N) is 1. The molecule has 0 radical (unpaired) electrons. The Bertz CT molecular complexity index is 305. The Kier molecular flexibility index (Phi) is 4.38. The van der Waals surface area contributed by atoms with Crippen molar-refractivity contribution in [2.75, 3.05) is 26.2 Å². The molecule has 3 fully saturated rings. The molecule has 4 nitrogen and oxygen atoms in total. The molecule has 3 rings (SSSR count). The van der Waals surface area contributed by atoms with E-state index in [1.54, 1.807) is 0 Å². The predicted octanol–water partition coefficient (Wildman–Crippen LogP) is 1.12. The number of hydrogen-bond donors (Lipinski definition) is 2. The lowest BCUT2D eigenvalue weighted by molar-refractivity contribution is -0.121. The molecule has 0 aromatic heterocycles. The monoisotopic (exact) mass is 265 g/mol. The first-order valence-corrected chi connectivity index (χ1v) is 8.05. The predicted molar refractivity (Wildman–Crippen MR) is 76.0 cm³/mol. The standard InChI is InChI=1S/C15H27N3O/c19-15(17-14-3-4-14)7-10-18-8-5-13(6-9-18)16-11-12-1-2-12/h12-14,16H,1-11H2,(H,17,19). The molecule has 0 atom stereocenters. The molecule has 2 aliphatic carbocycles. The summed E-state index contributed by atoms with van der Waals surface area (Å²) in [6, 6.07) is 1.22. The van der Waals surface area contributed by atoms with Crippen LogP contribution in [0.1, 0.15) is 44.9 Å². The molecule has 0 unspecified atom stereocenters. The fourth-order valence-electron chi connectivity index (χ4n) is 2.80. The third kappa shape index (κ3) is 4.77. The number of likely N-dealkylation sites (tertiary alicyclic amines) is 1. The molecule has 1 heterocycles. The van der Waals surface area contributed by atoms with Crippen LogP contribution in [0.4, 0.5) is 0 Å². The second-order valence-corrected chi connectivity index (χ2v) is 6.56. The van der Waals surface area contributed by atoms with Crippen LogP contribution in [0.25, 0.3) is 0 Å². The smallest absolute Gasteiger partial charge is 0.221 e. The van der Waals surface area contributed by atoms with E-state index >= 15 is 0 Å². The van der Waals surface area contributed by atoms with Gasteiger partial charge in [-0.3, -0.25) is 4.79 Å². The van der Waals surface area contributed by atoms with E-state index in [4.69, 9.17) is 0 Å². The normalized spacial score (nSPS) is 25.5. The van der Waals surface area contributed by atoms with Gasteiger partial charge in [-0.1, -0.05) is 0 Å². The molecule has 3 aliphatic rings. The van der Waals surface area contributed by atoms with E-state index in [1.165, 1.54) is 45.1 Å². The Morgan fingerprint density at radius 2 is 1.74 bits per heavy atom. The number of hydrogen-bond acceptors (Lipinski definition) is 3. The van der Waals surface area contributed by atoms with Gasteiger partial charge < -0.3 is 15.5 Å². The van der Waals surface area contributed by atoms with E-state index in [9.17, 15) is 4.79 Å². The number of carbonyl (C=O) groups is 1. The highest BCUT2D eigenvalue weighted by Gasteiger charge is 2.25. The van der Waals surface area contributed by atoms with Crippen LogP contribution in [0, 0.1) is 5.92 Å². The Labute approximate surface area is 116 Å². The van der Waals surface area contributed by atoms with E-state index in [0.29, 0.717) is 12.5 Å². The molecule has 1 aliphatic heterocycles. The average Bonchev–Trinajstić information content (AvgIpc) is 3.30. The highest BCUT2D eigenvalue weighted by molar-refractivity contribution is 5.76. The summed E-state index contributed by atoms with van der Waals surface area (Å²) in [5.74, 6) is 1.22. The van der Waals surface area contributed by atoms with E-state index in [1.807, 2.05) is 0 Å². The molecule has 0 aromatic carbocycles. The summed E-state index contributed by atoms with van der Waals surface area (Å²) in [4.78, 5) is 14.1. The maximum absolute atomic E-state index is 11.6. The zero-order chi connectivity index (χ0) is 13.1. The second-order valence-electron chi connectivity index (χ2n) is 6.56. The van der Waals surface area contributed by atoms with Crippen LogP contribution in [0.15, 0.2) is 0 Å². The third-order valence-electron chi connectivity index (χ3n) is 4.58. The van der Waals surface area contributed by atoms with Crippen LogP contribution >= 0.6 is 0 Å².